The molecule has 0 atom stereocenters. The van der Waals surface area contributed by atoms with Crippen molar-refractivity contribution in [2.45, 2.75) is 19.3 Å². The summed E-state index contributed by atoms with van der Waals surface area (Å²) in [6, 6.07) is 14.9. The third-order valence-corrected chi connectivity index (χ3v) is 4.60. The van der Waals surface area contributed by atoms with E-state index in [1.165, 1.54) is 0 Å². The number of ether oxygens (including phenoxy) is 1. The number of benzene rings is 2. The Morgan fingerprint density at radius 3 is 2.70 bits per heavy atom. The van der Waals surface area contributed by atoms with Gasteiger partial charge in [0.1, 0.15) is 11.6 Å². The quantitative estimate of drug-likeness (QED) is 0.380. The van der Waals surface area contributed by atoms with Crippen molar-refractivity contribution in [3.63, 3.8) is 0 Å². The highest BCUT2D eigenvalue weighted by Gasteiger charge is 2.21. The van der Waals surface area contributed by atoms with Crippen molar-refractivity contribution in [3.8, 4) is 5.75 Å². The number of nitrogens with two attached hydrogens (primary N) is 1. The van der Waals surface area contributed by atoms with Crippen LogP contribution in [-0.4, -0.2) is 42.9 Å². The molecule has 6 nitrogen and oxygen atoms in total. The molecule has 1 heterocycles. The molecular weight excluding hydrogens is 340 g/mol. The molecule has 1 amide bonds. The molecular formula is C21H26N4O2. The molecule has 0 saturated carbocycles. The third-order valence-electron chi connectivity index (χ3n) is 4.60. The minimum atomic E-state index is 0.0291. The van der Waals surface area contributed by atoms with Crippen molar-refractivity contribution in [1.29, 1.82) is 5.41 Å². The first kappa shape index (κ1) is 18.8. The lowest BCUT2D eigenvalue weighted by atomic mass is 10.1. The first-order valence-corrected chi connectivity index (χ1v) is 9.34. The monoisotopic (exact) mass is 366 g/mol. The Bertz CT molecular complexity index is 800. The van der Waals surface area contributed by atoms with Crippen LogP contribution in [0.1, 0.15) is 35.2 Å². The van der Waals surface area contributed by atoms with Crippen LogP contribution in [-0.2, 0) is 0 Å². The number of nitrogens with one attached hydrogen (secondary N) is 2. The summed E-state index contributed by atoms with van der Waals surface area (Å²) in [5.74, 6) is 0.835. The maximum absolute atomic E-state index is 12.7. The number of rotatable bonds is 8. The Morgan fingerprint density at radius 1 is 1.15 bits per heavy atom. The molecule has 0 spiro atoms. The molecule has 0 aromatic heterocycles. The van der Waals surface area contributed by atoms with E-state index in [1.54, 1.807) is 12.1 Å². The van der Waals surface area contributed by atoms with Crippen LogP contribution < -0.4 is 15.8 Å². The van der Waals surface area contributed by atoms with Crippen LogP contribution >= 0.6 is 0 Å². The fourth-order valence-electron chi connectivity index (χ4n) is 3.15. The first-order valence-electron chi connectivity index (χ1n) is 9.34. The van der Waals surface area contributed by atoms with Crippen LogP contribution in [0.15, 0.2) is 48.5 Å². The lowest BCUT2D eigenvalue weighted by Crippen LogP contribution is -2.28. The van der Waals surface area contributed by atoms with Gasteiger partial charge in [0.25, 0.3) is 5.91 Å². The van der Waals surface area contributed by atoms with Crippen LogP contribution in [0.2, 0.25) is 0 Å². The Balaban J connectivity index is 1.49. The number of hydrogen-bond acceptors (Lipinski definition) is 4. The van der Waals surface area contributed by atoms with E-state index in [4.69, 9.17) is 15.9 Å². The van der Waals surface area contributed by atoms with Crippen LogP contribution in [0.5, 0.6) is 5.75 Å². The third kappa shape index (κ3) is 5.00. The first-order chi connectivity index (χ1) is 13.1. The van der Waals surface area contributed by atoms with E-state index in [2.05, 4.69) is 5.32 Å². The van der Waals surface area contributed by atoms with Gasteiger partial charge in [-0.05, 0) is 43.5 Å². The van der Waals surface area contributed by atoms with Crippen LogP contribution in [0.3, 0.4) is 0 Å². The van der Waals surface area contributed by atoms with Gasteiger partial charge in [0.2, 0.25) is 0 Å². The molecule has 1 fully saturated rings. The topological polar surface area (TPSA) is 91.4 Å². The molecule has 142 valence electrons. The van der Waals surface area contributed by atoms with E-state index in [9.17, 15) is 4.79 Å². The van der Waals surface area contributed by atoms with Crippen LogP contribution in [0.4, 0.5) is 5.69 Å². The summed E-state index contributed by atoms with van der Waals surface area (Å²) in [4.78, 5) is 14.6. The summed E-state index contributed by atoms with van der Waals surface area (Å²) in [7, 11) is 0. The normalized spacial score (nSPS) is 13.4. The highest BCUT2D eigenvalue weighted by atomic mass is 16.5. The average molecular weight is 366 g/mol. The highest BCUT2D eigenvalue weighted by molar-refractivity contribution is 5.99. The van der Waals surface area contributed by atoms with Crippen molar-refractivity contribution in [2.75, 3.05) is 31.6 Å². The molecule has 27 heavy (non-hydrogen) atoms. The SMILES string of the molecule is N=C(N)c1cccc(OCCCNc2ccccc2C(=O)N2CCCC2)c1. The van der Waals surface area contributed by atoms with Gasteiger partial charge in [-0.2, -0.15) is 0 Å². The number of carbonyl (C=O) groups is 1. The summed E-state index contributed by atoms with van der Waals surface area (Å²) in [5, 5.41) is 10.8. The molecule has 0 radical (unpaired) electrons. The number of hydrogen-bond donors (Lipinski definition) is 3. The Morgan fingerprint density at radius 2 is 1.93 bits per heavy atom. The van der Waals surface area contributed by atoms with Gasteiger partial charge in [0.05, 0.1) is 12.2 Å². The summed E-state index contributed by atoms with van der Waals surface area (Å²) < 4.78 is 5.73. The zero-order chi connectivity index (χ0) is 19.1. The number of nitrogens with zero attached hydrogens (tertiary/aromatic N) is 1. The molecule has 0 aliphatic carbocycles. The largest absolute Gasteiger partial charge is 0.494 e. The molecule has 2 aromatic rings. The second-order valence-electron chi connectivity index (χ2n) is 6.62. The Hall–Kier alpha value is -3.02. The van der Waals surface area contributed by atoms with Crippen molar-refractivity contribution in [1.82, 2.24) is 4.90 Å². The number of amides is 1. The summed E-state index contributed by atoms with van der Waals surface area (Å²) in [6.45, 7) is 2.94. The van der Waals surface area contributed by atoms with E-state index in [-0.39, 0.29) is 11.7 Å². The van der Waals surface area contributed by atoms with E-state index in [0.717, 1.165) is 43.6 Å². The van der Waals surface area contributed by atoms with Crippen molar-refractivity contribution < 1.29 is 9.53 Å². The fourth-order valence-corrected chi connectivity index (χ4v) is 3.15. The molecule has 3 rings (SSSR count). The molecule has 1 aliphatic rings. The minimum Gasteiger partial charge on any atom is -0.494 e. The number of amidine groups is 1. The average Bonchev–Trinajstić information content (AvgIpc) is 3.22. The second kappa shape index (κ2) is 9.07. The molecule has 6 heteroatoms. The van der Waals surface area contributed by atoms with Crippen LogP contribution in [0, 0.1) is 5.41 Å². The Kier molecular flexibility index (Phi) is 6.30. The van der Waals surface area contributed by atoms with Crippen molar-refractivity contribution in [2.24, 2.45) is 5.73 Å². The lowest BCUT2D eigenvalue weighted by molar-refractivity contribution is 0.0793. The van der Waals surface area contributed by atoms with Gasteiger partial charge in [-0.25, -0.2) is 0 Å². The van der Waals surface area contributed by atoms with E-state index >= 15 is 0 Å². The standard InChI is InChI=1S/C21H26N4O2/c22-20(23)16-7-5-8-17(15-16)27-14-6-11-24-19-10-2-1-9-18(19)21(26)25-12-3-4-13-25/h1-2,5,7-10,15,24H,3-4,6,11-14H2,(H3,22,23). The number of nitrogen functional groups attached to an aromatic ring is 1. The smallest absolute Gasteiger partial charge is 0.255 e. The second-order valence-corrected chi connectivity index (χ2v) is 6.62. The number of anilines is 1. The maximum atomic E-state index is 12.7. The minimum absolute atomic E-state index is 0.0291. The molecule has 0 bridgehead atoms. The summed E-state index contributed by atoms with van der Waals surface area (Å²) >= 11 is 0. The van der Waals surface area contributed by atoms with Gasteiger partial charge >= 0.3 is 0 Å². The van der Waals surface area contributed by atoms with Crippen LogP contribution in [0.25, 0.3) is 0 Å². The van der Waals surface area contributed by atoms with Gasteiger partial charge < -0.3 is 20.7 Å². The predicted molar refractivity (Wildman–Crippen MR) is 108 cm³/mol. The molecule has 0 unspecified atom stereocenters. The molecule has 1 saturated heterocycles. The van der Waals surface area contributed by atoms with Gasteiger partial charge in [0, 0.05) is 30.9 Å². The lowest BCUT2D eigenvalue weighted by Gasteiger charge is -2.18. The van der Waals surface area contributed by atoms with E-state index < -0.39 is 0 Å². The summed E-state index contributed by atoms with van der Waals surface area (Å²) in [5.41, 5.74) is 7.75. The van der Waals surface area contributed by atoms with E-state index in [0.29, 0.717) is 24.5 Å². The zero-order valence-corrected chi connectivity index (χ0v) is 15.4. The van der Waals surface area contributed by atoms with Gasteiger partial charge in [-0.1, -0.05) is 24.3 Å². The molecule has 4 N–H and O–H groups in total. The predicted octanol–water partition coefficient (Wildman–Crippen LogP) is 3.09. The number of carbonyl (C=O) groups excluding carboxylic acids is 1. The van der Waals surface area contributed by atoms with Crippen molar-refractivity contribution in [3.05, 3.63) is 59.7 Å². The number of likely N-dealkylation sites (tertiary alicyclic amines) is 1. The Labute approximate surface area is 159 Å². The van der Waals surface area contributed by atoms with Gasteiger partial charge in [-0.15, -0.1) is 0 Å². The highest BCUT2D eigenvalue weighted by Crippen LogP contribution is 2.20. The number of para-hydroxylation sites is 1. The maximum Gasteiger partial charge on any atom is 0.255 e. The van der Waals surface area contributed by atoms with Gasteiger partial charge in [0.15, 0.2) is 0 Å². The molecule has 1 aliphatic heterocycles. The van der Waals surface area contributed by atoms with Crippen molar-refractivity contribution >= 4 is 17.4 Å². The zero-order valence-electron chi connectivity index (χ0n) is 15.4. The summed E-state index contributed by atoms with van der Waals surface area (Å²) in [6.07, 6.45) is 2.96. The fraction of sp³-hybridized carbons (Fsp3) is 0.333. The van der Waals surface area contributed by atoms with Gasteiger partial charge in [-0.3, -0.25) is 10.2 Å². The van der Waals surface area contributed by atoms with E-state index in [1.807, 2.05) is 41.3 Å². The molecule has 2 aromatic carbocycles.